The van der Waals surface area contributed by atoms with Gasteiger partial charge in [0.15, 0.2) is 34.9 Å². The van der Waals surface area contributed by atoms with E-state index in [0.29, 0.717) is 22.6 Å². The summed E-state index contributed by atoms with van der Waals surface area (Å²) in [7, 11) is 2.81. The summed E-state index contributed by atoms with van der Waals surface area (Å²) < 4.78 is 22.3. The van der Waals surface area contributed by atoms with Gasteiger partial charge in [-0.2, -0.15) is 0 Å². The second-order valence-corrected chi connectivity index (χ2v) is 7.58. The molecule has 0 fully saturated rings. The number of hydrogen-bond acceptors (Lipinski definition) is 10. The van der Waals surface area contributed by atoms with Crippen molar-refractivity contribution >= 4 is 5.97 Å². The molecule has 3 aromatic carbocycles. The van der Waals surface area contributed by atoms with Gasteiger partial charge in [-0.1, -0.05) is 6.07 Å². The zero-order valence-corrected chi connectivity index (χ0v) is 18.2. The van der Waals surface area contributed by atoms with Gasteiger partial charge in [-0.05, 0) is 36.4 Å². The zero-order chi connectivity index (χ0) is 24.6. The second kappa shape index (κ2) is 8.81. The van der Waals surface area contributed by atoms with Crippen LogP contribution in [0.25, 0.3) is 0 Å². The first-order chi connectivity index (χ1) is 16.2. The highest BCUT2D eigenvalue weighted by Gasteiger charge is 2.37. The van der Waals surface area contributed by atoms with Crippen molar-refractivity contribution in [3.8, 4) is 46.0 Å². The monoisotopic (exact) mass is 470 g/mol. The Morgan fingerprint density at radius 2 is 1.53 bits per heavy atom. The van der Waals surface area contributed by atoms with Crippen LogP contribution >= 0.6 is 0 Å². The molecule has 0 bridgehead atoms. The lowest BCUT2D eigenvalue weighted by atomic mass is 9.93. The van der Waals surface area contributed by atoms with E-state index >= 15 is 0 Å². The van der Waals surface area contributed by atoms with Crippen molar-refractivity contribution in [3.63, 3.8) is 0 Å². The quantitative estimate of drug-likeness (QED) is 0.277. The average Bonchev–Trinajstić information content (AvgIpc) is 2.82. The lowest BCUT2D eigenvalue weighted by Gasteiger charge is -2.34. The van der Waals surface area contributed by atoms with Gasteiger partial charge in [0, 0.05) is 17.5 Å². The summed E-state index contributed by atoms with van der Waals surface area (Å²) in [6, 6.07) is 9.82. The van der Waals surface area contributed by atoms with Gasteiger partial charge >= 0.3 is 5.97 Å². The van der Waals surface area contributed by atoms with Crippen LogP contribution in [-0.2, 0) is 11.2 Å². The molecule has 1 aliphatic rings. The lowest BCUT2D eigenvalue weighted by Crippen LogP contribution is -2.35. The number of carbonyl (C=O) groups excluding carboxylic acids is 1. The fourth-order valence-electron chi connectivity index (χ4n) is 3.82. The summed E-state index contributed by atoms with van der Waals surface area (Å²) >= 11 is 0. The van der Waals surface area contributed by atoms with Gasteiger partial charge in [-0.25, -0.2) is 4.79 Å². The third-order valence-electron chi connectivity index (χ3n) is 5.50. The minimum absolute atomic E-state index is 0.00602. The third-order valence-corrected chi connectivity index (χ3v) is 5.50. The van der Waals surface area contributed by atoms with E-state index in [1.54, 1.807) is 18.2 Å². The summed E-state index contributed by atoms with van der Waals surface area (Å²) in [6.07, 6.45) is -1.72. The molecule has 2 atom stereocenters. The maximum Gasteiger partial charge on any atom is 0.338 e. The summed E-state index contributed by atoms with van der Waals surface area (Å²) in [4.78, 5) is 12.9. The Morgan fingerprint density at radius 3 is 2.18 bits per heavy atom. The van der Waals surface area contributed by atoms with Gasteiger partial charge in [-0.15, -0.1) is 0 Å². The predicted octanol–water partition coefficient (Wildman–Crippen LogP) is 3.13. The van der Waals surface area contributed by atoms with Gasteiger partial charge in [0.2, 0.25) is 5.75 Å². The summed E-state index contributed by atoms with van der Waals surface area (Å²) in [5.74, 6) is -2.97. The van der Waals surface area contributed by atoms with Crippen molar-refractivity contribution in [1.82, 2.24) is 0 Å². The van der Waals surface area contributed by atoms with Crippen molar-refractivity contribution in [1.29, 1.82) is 0 Å². The van der Waals surface area contributed by atoms with Crippen LogP contribution < -0.4 is 14.2 Å². The molecule has 10 heteroatoms. The smallest absolute Gasteiger partial charge is 0.338 e. The van der Waals surface area contributed by atoms with Crippen molar-refractivity contribution < 1.29 is 49.3 Å². The summed E-state index contributed by atoms with van der Waals surface area (Å²) in [5.41, 5.74) is 0.795. The Bertz CT molecular complexity index is 1230. The van der Waals surface area contributed by atoms with E-state index in [0.717, 1.165) is 12.1 Å². The molecule has 0 saturated carbocycles. The largest absolute Gasteiger partial charge is 0.504 e. The number of methoxy groups -OCH3 is 2. The molecule has 0 aromatic heterocycles. The van der Waals surface area contributed by atoms with Crippen LogP contribution in [0.5, 0.6) is 46.0 Å². The summed E-state index contributed by atoms with van der Waals surface area (Å²) in [6.45, 7) is 0. The Labute approximate surface area is 193 Å². The van der Waals surface area contributed by atoms with E-state index in [-0.39, 0.29) is 17.7 Å². The van der Waals surface area contributed by atoms with Gasteiger partial charge in [0.05, 0.1) is 19.8 Å². The highest BCUT2D eigenvalue weighted by molar-refractivity contribution is 5.91. The molecule has 4 rings (SSSR count). The number of phenols is 5. The van der Waals surface area contributed by atoms with Gasteiger partial charge in [-0.3, -0.25) is 0 Å². The molecule has 0 spiro atoms. The molecule has 0 saturated heterocycles. The Balaban J connectivity index is 1.75. The number of rotatable bonds is 5. The highest BCUT2D eigenvalue weighted by atomic mass is 16.6. The molecule has 0 amide bonds. The number of hydrogen-bond donors (Lipinski definition) is 5. The van der Waals surface area contributed by atoms with E-state index in [1.807, 2.05) is 0 Å². The van der Waals surface area contributed by atoms with E-state index in [9.17, 15) is 30.3 Å². The van der Waals surface area contributed by atoms with Crippen molar-refractivity contribution in [2.75, 3.05) is 14.2 Å². The number of esters is 1. The first-order valence-electron chi connectivity index (χ1n) is 10.1. The molecule has 178 valence electrons. The number of phenolic OH excluding ortho intramolecular Hbond substituents is 5. The van der Waals surface area contributed by atoms with Crippen molar-refractivity contribution in [2.45, 2.75) is 18.6 Å². The first kappa shape index (κ1) is 22.7. The minimum atomic E-state index is -0.956. The molecular weight excluding hydrogens is 448 g/mol. The molecule has 34 heavy (non-hydrogen) atoms. The topological polar surface area (TPSA) is 155 Å². The van der Waals surface area contributed by atoms with Crippen LogP contribution in [0.3, 0.4) is 0 Å². The van der Waals surface area contributed by atoms with Gasteiger partial charge in [0.25, 0.3) is 0 Å². The maximum absolute atomic E-state index is 12.9. The normalized spacial score (nSPS) is 16.8. The van der Waals surface area contributed by atoms with Crippen LogP contribution in [0.2, 0.25) is 0 Å². The SMILES string of the molecule is COc1cc([C@H]2Oc3cccc(OC)c3C[C@H]2OC(=O)c2cc(O)c(O)c(O)c2)cc(O)c1O. The Hall–Kier alpha value is -4.47. The molecular formula is C24H22O10. The summed E-state index contributed by atoms with van der Waals surface area (Å²) in [5, 5.41) is 49.2. The molecule has 0 aliphatic carbocycles. The van der Waals surface area contributed by atoms with Gasteiger partial charge in [0.1, 0.15) is 17.6 Å². The van der Waals surface area contributed by atoms with E-state index in [2.05, 4.69) is 0 Å². The van der Waals surface area contributed by atoms with Crippen LogP contribution in [-0.4, -0.2) is 51.8 Å². The molecule has 1 aliphatic heterocycles. The minimum Gasteiger partial charge on any atom is -0.504 e. The molecule has 3 aromatic rings. The fourth-order valence-corrected chi connectivity index (χ4v) is 3.82. The van der Waals surface area contributed by atoms with Crippen LogP contribution in [0.15, 0.2) is 42.5 Å². The average molecular weight is 470 g/mol. The number of benzene rings is 3. The molecule has 5 N–H and O–H groups in total. The van der Waals surface area contributed by atoms with Crippen LogP contribution in [0.4, 0.5) is 0 Å². The highest BCUT2D eigenvalue weighted by Crippen LogP contribution is 2.45. The van der Waals surface area contributed by atoms with E-state index in [1.165, 1.54) is 26.4 Å². The molecule has 10 nitrogen and oxygen atoms in total. The van der Waals surface area contributed by atoms with Gasteiger partial charge < -0.3 is 44.5 Å². The predicted molar refractivity (Wildman–Crippen MR) is 117 cm³/mol. The number of ether oxygens (including phenoxy) is 4. The Kier molecular flexibility index (Phi) is 5.89. The number of fused-ring (bicyclic) bond motifs is 1. The number of carbonyl (C=O) groups is 1. The lowest BCUT2D eigenvalue weighted by molar-refractivity contribution is -0.0188. The van der Waals surface area contributed by atoms with Crippen molar-refractivity contribution in [3.05, 3.63) is 59.2 Å². The van der Waals surface area contributed by atoms with E-state index < -0.39 is 46.9 Å². The van der Waals surface area contributed by atoms with E-state index in [4.69, 9.17) is 18.9 Å². The standard InChI is InChI=1S/C24H22O10/c1-31-17-4-3-5-18-13(17)10-20(34-24(30)12-7-14(25)21(28)15(26)8-12)23(33-18)11-6-16(27)22(29)19(9-11)32-2/h3-9,20,23,25-29H,10H2,1-2H3/t20-,23-/m1/s1. The number of aromatic hydroxyl groups is 5. The maximum atomic E-state index is 12.9. The second-order valence-electron chi connectivity index (χ2n) is 7.58. The third kappa shape index (κ3) is 4.01. The van der Waals surface area contributed by atoms with Crippen molar-refractivity contribution in [2.24, 2.45) is 0 Å². The first-order valence-corrected chi connectivity index (χ1v) is 10.1. The van der Waals surface area contributed by atoms with Crippen LogP contribution in [0.1, 0.15) is 27.6 Å². The fraction of sp³-hybridized carbons (Fsp3) is 0.208. The Morgan fingerprint density at radius 1 is 0.882 bits per heavy atom. The molecule has 0 unspecified atom stereocenters. The molecule has 1 heterocycles. The molecule has 0 radical (unpaired) electrons. The van der Waals surface area contributed by atoms with Crippen LogP contribution in [0, 0.1) is 0 Å². The zero-order valence-electron chi connectivity index (χ0n) is 18.2.